The van der Waals surface area contributed by atoms with E-state index in [0.29, 0.717) is 84.8 Å². The van der Waals surface area contributed by atoms with Gasteiger partial charge in [0.15, 0.2) is 0 Å². The van der Waals surface area contributed by atoms with E-state index >= 15 is 0 Å². The van der Waals surface area contributed by atoms with Gasteiger partial charge in [-0.1, -0.05) is 19.1 Å². The number of methoxy groups -OCH3 is 2. The van der Waals surface area contributed by atoms with Gasteiger partial charge >= 0.3 is 11.9 Å². The van der Waals surface area contributed by atoms with E-state index in [0.717, 1.165) is 55.4 Å². The molecule has 1 aliphatic heterocycles. The maximum Gasteiger partial charge on any atom is 0.356 e. The van der Waals surface area contributed by atoms with Gasteiger partial charge in [-0.3, -0.25) is 9.80 Å². The Bertz CT molecular complexity index is 1220. The predicted octanol–water partition coefficient (Wildman–Crippen LogP) is 3.74. The van der Waals surface area contributed by atoms with Crippen LogP contribution in [0.1, 0.15) is 58.6 Å². The Labute approximate surface area is 307 Å². The Morgan fingerprint density at radius 1 is 0.745 bits per heavy atom. The van der Waals surface area contributed by atoms with Crippen LogP contribution in [0.4, 0.5) is 0 Å². The van der Waals surface area contributed by atoms with Crippen LogP contribution in [0.15, 0.2) is 36.4 Å². The molecule has 51 heavy (non-hydrogen) atoms. The highest BCUT2D eigenvalue weighted by Gasteiger charge is 2.36. The molecule has 0 amide bonds. The Kier molecular flexibility index (Phi) is 19.2. The zero-order valence-corrected chi connectivity index (χ0v) is 31.3. The van der Waals surface area contributed by atoms with Crippen LogP contribution < -0.4 is 0 Å². The fourth-order valence-corrected chi connectivity index (χ4v) is 7.11. The monoisotopic (exact) mass is 732 g/mol. The van der Waals surface area contributed by atoms with Gasteiger partial charge in [0.25, 0.3) is 0 Å². The molecule has 2 aliphatic rings. The third-order valence-electron chi connectivity index (χ3n) is 8.75. The number of rotatable bonds is 13. The number of hydrogen-bond acceptors (Lipinski definition) is 14. The van der Waals surface area contributed by atoms with Crippen molar-refractivity contribution >= 4 is 23.7 Å². The first-order chi connectivity index (χ1) is 25.0. The lowest BCUT2D eigenvalue weighted by atomic mass is 10.1. The minimum Gasteiger partial charge on any atom is -0.464 e. The van der Waals surface area contributed by atoms with Crippen molar-refractivity contribution in [3.05, 3.63) is 59.2 Å². The van der Waals surface area contributed by atoms with E-state index in [1.54, 1.807) is 12.1 Å². The average Bonchev–Trinajstić information content (AvgIpc) is 3.53. The summed E-state index contributed by atoms with van der Waals surface area (Å²) in [5.41, 5.74) is 2.14. The van der Waals surface area contributed by atoms with Crippen LogP contribution in [-0.2, 0) is 46.2 Å². The minimum absolute atomic E-state index is 0.0140. The normalized spacial score (nSPS) is 22.1. The molecule has 4 rings (SSSR count). The largest absolute Gasteiger partial charge is 0.464 e. The van der Waals surface area contributed by atoms with E-state index in [9.17, 15) is 9.59 Å². The number of carbonyl (C=O) groups excluding carboxylic acids is 2. The van der Waals surface area contributed by atoms with Crippen molar-refractivity contribution in [1.82, 2.24) is 19.8 Å². The SMILES string of the molecule is CCCOCCSCC1CC2OCCN(Cc3cccc(C(=O)OC)n3)CCOCCOCCN(Cc3cccc(C(=O)OC)n3)CCOC2C1. The molecule has 284 valence electrons. The number of hydrogen-bond donors (Lipinski definition) is 0. The van der Waals surface area contributed by atoms with Gasteiger partial charge in [-0.15, -0.1) is 0 Å². The van der Waals surface area contributed by atoms with Gasteiger partial charge in [0.05, 0.1) is 84.1 Å². The molecule has 1 saturated heterocycles. The highest BCUT2D eigenvalue weighted by atomic mass is 32.2. The van der Waals surface area contributed by atoms with Crippen molar-refractivity contribution in [1.29, 1.82) is 0 Å². The summed E-state index contributed by atoms with van der Waals surface area (Å²) in [5, 5.41) is 0. The second-order valence-corrected chi connectivity index (χ2v) is 13.8. The summed E-state index contributed by atoms with van der Waals surface area (Å²) in [4.78, 5) is 37.7. The van der Waals surface area contributed by atoms with Gasteiger partial charge in [-0.25, -0.2) is 19.6 Å². The fraction of sp³-hybridized carbons (Fsp3) is 0.676. The van der Waals surface area contributed by atoms with Gasteiger partial charge in [-0.2, -0.15) is 11.8 Å². The Morgan fingerprint density at radius 3 is 1.75 bits per heavy atom. The lowest BCUT2D eigenvalue weighted by Gasteiger charge is -2.27. The molecule has 1 aliphatic carbocycles. The lowest BCUT2D eigenvalue weighted by Crippen LogP contribution is -2.36. The summed E-state index contributed by atoms with van der Waals surface area (Å²) in [6.07, 6.45) is 2.90. The molecule has 0 N–H and O–H groups in total. The molecule has 1 saturated carbocycles. The number of carbonyl (C=O) groups is 2. The zero-order valence-electron chi connectivity index (χ0n) is 30.5. The zero-order chi connectivity index (χ0) is 36.1. The molecule has 2 aromatic rings. The highest BCUT2D eigenvalue weighted by Crippen LogP contribution is 2.33. The van der Waals surface area contributed by atoms with E-state index in [2.05, 4.69) is 26.7 Å². The van der Waals surface area contributed by atoms with E-state index in [1.807, 2.05) is 36.0 Å². The molecule has 0 radical (unpaired) electrons. The van der Waals surface area contributed by atoms with Crippen LogP contribution >= 0.6 is 11.8 Å². The van der Waals surface area contributed by atoms with Gasteiger partial charge < -0.3 is 33.2 Å². The smallest absolute Gasteiger partial charge is 0.356 e. The number of thioether (sulfide) groups is 1. The molecule has 14 heteroatoms. The van der Waals surface area contributed by atoms with Crippen molar-refractivity contribution < 1.29 is 42.7 Å². The molecule has 2 atom stereocenters. The fourth-order valence-electron chi connectivity index (χ4n) is 6.10. The number of esters is 2. The van der Waals surface area contributed by atoms with Crippen LogP contribution in [0.2, 0.25) is 0 Å². The molecular weight excluding hydrogens is 676 g/mol. The predicted molar refractivity (Wildman–Crippen MR) is 194 cm³/mol. The van der Waals surface area contributed by atoms with E-state index in [1.165, 1.54) is 14.2 Å². The molecule has 13 nitrogen and oxygen atoms in total. The maximum absolute atomic E-state index is 12.1. The average molecular weight is 733 g/mol. The van der Waals surface area contributed by atoms with Crippen LogP contribution in [0.5, 0.6) is 0 Å². The van der Waals surface area contributed by atoms with Crippen LogP contribution in [0, 0.1) is 5.92 Å². The van der Waals surface area contributed by atoms with E-state index < -0.39 is 11.9 Å². The first kappa shape index (κ1) is 41.1. The van der Waals surface area contributed by atoms with Crippen molar-refractivity contribution in [2.24, 2.45) is 5.92 Å². The summed E-state index contributed by atoms with van der Waals surface area (Å²) in [6.45, 7) is 10.5. The molecule has 3 heterocycles. The Morgan fingerprint density at radius 2 is 1.25 bits per heavy atom. The molecule has 2 fully saturated rings. The quantitative estimate of drug-likeness (QED) is 0.219. The molecule has 0 bridgehead atoms. The summed E-state index contributed by atoms with van der Waals surface area (Å²) in [6, 6.07) is 10.8. The van der Waals surface area contributed by atoms with Gasteiger partial charge in [0.2, 0.25) is 0 Å². The molecule has 0 aromatic carbocycles. The number of fused-ring (bicyclic) bond motifs is 1. The van der Waals surface area contributed by atoms with Crippen LogP contribution in [0.3, 0.4) is 0 Å². The van der Waals surface area contributed by atoms with Crippen LogP contribution in [-0.4, -0.2) is 149 Å². The van der Waals surface area contributed by atoms with Crippen molar-refractivity contribution in [2.45, 2.75) is 51.5 Å². The lowest BCUT2D eigenvalue weighted by molar-refractivity contribution is -0.0669. The van der Waals surface area contributed by atoms with Gasteiger partial charge in [0, 0.05) is 51.6 Å². The number of aromatic nitrogens is 2. The first-order valence-corrected chi connectivity index (χ1v) is 19.2. The number of nitrogens with zero attached hydrogens (tertiary/aromatic N) is 4. The number of pyridine rings is 2. The van der Waals surface area contributed by atoms with Gasteiger partial charge in [0.1, 0.15) is 11.4 Å². The topological polar surface area (TPSA) is 131 Å². The first-order valence-electron chi connectivity index (χ1n) is 18.1. The summed E-state index contributed by atoms with van der Waals surface area (Å²) in [7, 11) is 2.72. The third kappa shape index (κ3) is 15.1. The standard InChI is InChI=1S/C37H56N4O9S/c1-4-15-46-22-23-51-28-29-24-34-35(25-29)50-19-14-41(27-31-8-6-10-33(39-31)37(43)45-3)12-17-48-21-20-47-16-11-40(13-18-49-34)26-30-7-5-9-32(38-30)36(42)44-2/h5-10,29,34-35H,4,11-28H2,1-3H3. The molecule has 2 aromatic heterocycles. The van der Waals surface area contributed by atoms with E-state index in [-0.39, 0.29) is 23.6 Å². The maximum atomic E-state index is 12.1. The second kappa shape index (κ2) is 23.8. The van der Waals surface area contributed by atoms with Crippen molar-refractivity contribution in [3.8, 4) is 0 Å². The second-order valence-electron chi connectivity index (χ2n) is 12.6. The summed E-state index contributed by atoms with van der Waals surface area (Å²) < 4.78 is 40.5. The highest BCUT2D eigenvalue weighted by molar-refractivity contribution is 7.99. The minimum atomic E-state index is -0.454. The Balaban J connectivity index is 1.40. The summed E-state index contributed by atoms with van der Waals surface area (Å²) in [5.74, 6) is 1.62. The van der Waals surface area contributed by atoms with Crippen molar-refractivity contribution in [2.75, 3.05) is 105 Å². The van der Waals surface area contributed by atoms with E-state index in [4.69, 9.17) is 33.2 Å². The Hall–Kier alpha value is -2.69. The molecular formula is C37H56N4O9S. The van der Waals surface area contributed by atoms with Gasteiger partial charge in [-0.05, 0) is 55.2 Å². The molecule has 0 spiro atoms. The van der Waals surface area contributed by atoms with Crippen LogP contribution in [0.25, 0.3) is 0 Å². The number of ether oxygens (including phenoxy) is 7. The van der Waals surface area contributed by atoms with Crippen molar-refractivity contribution in [3.63, 3.8) is 0 Å². The third-order valence-corrected chi connectivity index (χ3v) is 9.91. The molecule has 2 unspecified atom stereocenters. The summed E-state index contributed by atoms with van der Waals surface area (Å²) >= 11 is 1.94.